The highest BCUT2D eigenvalue weighted by Crippen LogP contribution is 2.23. The first kappa shape index (κ1) is 20.6. The van der Waals surface area contributed by atoms with Crippen LogP contribution >= 0.6 is 0 Å². The van der Waals surface area contributed by atoms with Gasteiger partial charge in [0.2, 0.25) is 0 Å². The Kier molecular flexibility index (Phi) is 6.72. The Morgan fingerprint density at radius 2 is 1.78 bits per heavy atom. The van der Waals surface area contributed by atoms with Crippen molar-refractivity contribution in [2.75, 3.05) is 18.9 Å². The number of hydrogen-bond donors (Lipinski definition) is 1. The van der Waals surface area contributed by atoms with Crippen molar-refractivity contribution in [2.45, 2.75) is 46.0 Å². The molecule has 0 radical (unpaired) electrons. The molecule has 2 rings (SSSR count). The normalized spacial score (nSPS) is 11.1. The first-order valence-corrected chi connectivity index (χ1v) is 9.35. The fourth-order valence-corrected chi connectivity index (χ4v) is 2.65. The number of anilines is 1. The van der Waals surface area contributed by atoms with Gasteiger partial charge in [-0.25, -0.2) is 0 Å². The van der Waals surface area contributed by atoms with Crippen LogP contribution < -0.4 is 5.32 Å². The number of pyridine rings is 1. The third-order valence-electron chi connectivity index (χ3n) is 4.44. The van der Waals surface area contributed by atoms with Gasteiger partial charge >= 0.3 is 0 Å². The van der Waals surface area contributed by atoms with E-state index in [1.54, 1.807) is 24.1 Å². The average Bonchev–Trinajstić information content (AvgIpc) is 2.65. The summed E-state index contributed by atoms with van der Waals surface area (Å²) in [6.45, 7) is 9.21. The SMILES string of the molecule is CCCCN(C)C(=O)c1ccnc(C(=O)Nc2ccc(C(C)(C)C)cc2)c1. The van der Waals surface area contributed by atoms with E-state index in [0.29, 0.717) is 17.8 Å². The van der Waals surface area contributed by atoms with E-state index >= 15 is 0 Å². The number of rotatable bonds is 6. The Bertz CT molecular complexity index is 792. The molecule has 1 aromatic heterocycles. The monoisotopic (exact) mass is 367 g/mol. The van der Waals surface area contributed by atoms with Gasteiger partial charge in [-0.3, -0.25) is 14.6 Å². The van der Waals surface area contributed by atoms with Gasteiger partial charge in [-0.2, -0.15) is 0 Å². The van der Waals surface area contributed by atoms with Crippen molar-refractivity contribution in [2.24, 2.45) is 0 Å². The maximum absolute atomic E-state index is 12.5. The Balaban J connectivity index is 2.10. The molecule has 0 aliphatic heterocycles. The summed E-state index contributed by atoms with van der Waals surface area (Å²) in [4.78, 5) is 30.8. The highest BCUT2D eigenvalue weighted by atomic mass is 16.2. The molecular weight excluding hydrogens is 338 g/mol. The molecule has 1 aromatic carbocycles. The van der Waals surface area contributed by atoms with E-state index in [0.717, 1.165) is 12.8 Å². The summed E-state index contributed by atoms with van der Waals surface area (Å²) >= 11 is 0. The Hall–Kier alpha value is -2.69. The Morgan fingerprint density at radius 1 is 1.11 bits per heavy atom. The summed E-state index contributed by atoms with van der Waals surface area (Å²) in [5.74, 6) is -0.432. The van der Waals surface area contributed by atoms with Crippen molar-refractivity contribution in [3.05, 3.63) is 59.4 Å². The van der Waals surface area contributed by atoms with Gasteiger partial charge in [0, 0.05) is 31.0 Å². The second-order valence-corrected chi connectivity index (χ2v) is 7.79. The lowest BCUT2D eigenvalue weighted by atomic mass is 9.87. The minimum absolute atomic E-state index is 0.0581. The van der Waals surface area contributed by atoms with Gasteiger partial charge in [0.05, 0.1) is 0 Å². The predicted molar refractivity (Wildman–Crippen MR) is 109 cm³/mol. The van der Waals surface area contributed by atoms with Crippen LogP contribution in [0.4, 0.5) is 5.69 Å². The van der Waals surface area contributed by atoms with E-state index in [9.17, 15) is 9.59 Å². The van der Waals surface area contributed by atoms with Gasteiger partial charge in [0.1, 0.15) is 5.69 Å². The molecule has 0 aliphatic carbocycles. The van der Waals surface area contributed by atoms with E-state index in [-0.39, 0.29) is 22.9 Å². The summed E-state index contributed by atoms with van der Waals surface area (Å²) in [6, 6.07) is 11.0. The quantitative estimate of drug-likeness (QED) is 0.817. The summed E-state index contributed by atoms with van der Waals surface area (Å²) < 4.78 is 0. The van der Waals surface area contributed by atoms with Crippen LogP contribution in [0.5, 0.6) is 0 Å². The van der Waals surface area contributed by atoms with E-state index in [4.69, 9.17) is 0 Å². The van der Waals surface area contributed by atoms with Crippen LogP contribution in [-0.4, -0.2) is 35.3 Å². The summed E-state index contributed by atoms with van der Waals surface area (Å²) in [5.41, 5.74) is 2.65. The van der Waals surface area contributed by atoms with Crippen LogP contribution in [-0.2, 0) is 5.41 Å². The van der Waals surface area contributed by atoms with Crippen LogP contribution in [0.2, 0.25) is 0 Å². The van der Waals surface area contributed by atoms with Crippen LogP contribution in [0.3, 0.4) is 0 Å². The van der Waals surface area contributed by atoms with Crippen LogP contribution in [0.15, 0.2) is 42.6 Å². The molecule has 0 bridgehead atoms. The van der Waals surface area contributed by atoms with Gasteiger partial charge in [0.25, 0.3) is 11.8 Å². The summed E-state index contributed by atoms with van der Waals surface area (Å²) in [5, 5.41) is 2.84. The minimum Gasteiger partial charge on any atom is -0.342 e. The number of carbonyl (C=O) groups is 2. The van der Waals surface area contributed by atoms with Crippen molar-refractivity contribution < 1.29 is 9.59 Å². The van der Waals surface area contributed by atoms with Crippen LogP contribution in [0.1, 0.15) is 66.9 Å². The molecule has 1 heterocycles. The molecule has 5 heteroatoms. The van der Waals surface area contributed by atoms with Crippen molar-refractivity contribution >= 4 is 17.5 Å². The minimum atomic E-state index is -0.329. The molecule has 27 heavy (non-hydrogen) atoms. The third kappa shape index (κ3) is 5.64. The molecule has 0 spiro atoms. The molecule has 144 valence electrons. The van der Waals surface area contributed by atoms with Crippen LogP contribution in [0.25, 0.3) is 0 Å². The molecule has 5 nitrogen and oxygen atoms in total. The van der Waals surface area contributed by atoms with Crippen molar-refractivity contribution in [3.63, 3.8) is 0 Å². The standard InChI is InChI=1S/C22H29N3O2/c1-6-7-14-25(5)21(27)16-12-13-23-19(15-16)20(26)24-18-10-8-17(9-11-18)22(2,3)4/h8-13,15H,6-7,14H2,1-5H3,(H,24,26). The van der Waals surface area contributed by atoms with Crippen molar-refractivity contribution in [1.82, 2.24) is 9.88 Å². The number of carbonyl (C=O) groups excluding carboxylic acids is 2. The first-order valence-electron chi connectivity index (χ1n) is 9.35. The second kappa shape index (κ2) is 8.80. The van der Waals surface area contributed by atoms with Gasteiger partial charge < -0.3 is 10.2 Å². The fraction of sp³-hybridized carbons (Fsp3) is 0.409. The molecule has 2 aromatic rings. The van der Waals surface area contributed by atoms with E-state index in [1.807, 2.05) is 24.3 Å². The lowest BCUT2D eigenvalue weighted by Gasteiger charge is -2.19. The molecule has 0 saturated heterocycles. The number of unbranched alkanes of at least 4 members (excludes halogenated alkanes) is 1. The third-order valence-corrected chi connectivity index (χ3v) is 4.44. The van der Waals surface area contributed by atoms with Crippen molar-refractivity contribution in [1.29, 1.82) is 0 Å². The number of benzene rings is 1. The fourth-order valence-electron chi connectivity index (χ4n) is 2.65. The van der Waals surface area contributed by atoms with Crippen molar-refractivity contribution in [3.8, 4) is 0 Å². The Morgan fingerprint density at radius 3 is 2.37 bits per heavy atom. The zero-order chi connectivity index (χ0) is 20.0. The van der Waals surface area contributed by atoms with E-state index < -0.39 is 0 Å². The maximum Gasteiger partial charge on any atom is 0.274 e. The molecule has 1 N–H and O–H groups in total. The average molecular weight is 367 g/mol. The summed E-state index contributed by atoms with van der Waals surface area (Å²) in [7, 11) is 1.77. The van der Waals surface area contributed by atoms with Gasteiger partial charge in [0.15, 0.2) is 0 Å². The molecule has 0 atom stereocenters. The molecule has 0 fully saturated rings. The second-order valence-electron chi connectivity index (χ2n) is 7.79. The zero-order valence-corrected chi connectivity index (χ0v) is 16.9. The number of nitrogens with one attached hydrogen (secondary N) is 1. The predicted octanol–water partition coefficient (Wildman–Crippen LogP) is 4.50. The number of amides is 2. The van der Waals surface area contributed by atoms with Gasteiger partial charge in [-0.05, 0) is 41.7 Å². The highest BCUT2D eigenvalue weighted by molar-refractivity contribution is 6.04. The molecule has 2 amide bonds. The lowest BCUT2D eigenvalue weighted by Crippen LogP contribution is -2.28. The zero-order valence-electron chi connectivity index (χ0n) is 16.9. The summed E-state index contributed by atoms with van der Waals surface area (Å²) in [6.07, 6.45) is 3.47. The molecular formula is C22H29N3O2. The highest BCUT2D eigenvalue weighted by Gasteiger charge is 2.16. The molecule has 0 saturated carbocycles. The van der Waals surface area contributed by atoms with E-state index in [1.165, 1.54) is 11.8 Å². The number of aromatic nitrogens is 1. The Labute approximate surface area is 161 Å². The number of nitrogens with zero attached hydrogens (tertiary/aromatic N) is 2. The molecule has 0 unspecified atom stereocenters. The van der Waals surface area contributed by atoms with Gasteiger partial charge in [-0.1, -0.05) is 46.2 Å². The number of hydrogen-bond acceptors (Lipinski definition) is 3. The largest absolute Gasteiger partial charge is 0.342 e. The smallest absolute Gasteiger partial charge is 0.274 e. The van der Waals surface area contributed by atoms with Crippen LogP contribution in [0, 0.1) is 0 Å². The van der Waals surface area contributed by atoms with Gasteiger partial charge in [-0.15, -0.1) is 0 Å². The molecule has 0 aliphatic rings. The topological polar surface area (TPSA) is 62.3 Å². The lowest BCUT2D eigenvalue weighted by molar-refractivity contribution is 0.0793. The first-order chi connectivity index (χ1) is 12.7. The maximum atomic E-state index is 12.5. The van der Waals surface area contributed by atoms with E-state index in [2.05, 4.69) is 38.0 Å².